The van der Waals surface area contributed by atoms with Crippen molar-refractivity contribution < 1.29 is 14.3 Å². The number of halogens is 3. The molecule has 0 spiro atoms. The van der Waals surface area contributed by atoms with E-state index in [-0.39, 0.29) is 0 Å². The Labute approximate surface area is 145 Å². The van der Waals surface area contributed by atoms with Crippen molar-refractivity contribution in [2.75, 3.05) is 5.32 Å². The molecule has 0 aliphatic carbocycles. The molecule has 1 atom stereocenters. The average molecular weight is 379 g/mol. The monoisotopic (exact) mass is 377 g/mol. The summed E-state index contributed by atoms with van der Waals surface area (Å²) in [5.41, 5.74) is 0.348. The van der Waals surface area contributed by atoms with Crippen LogP contribution >= 0.6 is 46.1 Å². The van der Waals surface area contributed by atoms with Crippen LogP contribution in [0.4, 0.5) is 5.69 Å². The predicted octanol–water partition coefficient (Wildman–Crippen LogP) is 4.89. The third-order valence-electron chi connectivity index (χ3n) is 2.61. The van der Waals surface area contributed by atoms with Gasteiger partial charge in [0.15, 0.2) is 6.10 Å². The molecule has 2 aromatic rings. The van der Waals surface area contributed by atoms with Gasteiger partial charge in [-0.2, -0.15) is 0 Å². The number of hydrogen-bond donors (Lipinski definition) is 1. The van der Waals surface area contributed by atoms with E-state index in [1.54, 1.807) is 18.2 Å². The molecule has 8 heteroatoms. The first-order valence-electron chi connectivity index (χ1n) is 6.09. The molecule has 4 nitrogen and oxygen atoms in total. The lowest BCUT2D eigenvalue weighted by atomic mass is 10.3. The van der Waals surface area contributed by atoms with Crippen LogP contribution in [-0.2, 0) is 9.53 Å². The van der Waals surface area contributed by atoms with Gasteiger partial charge in [-0.05, 0) is 37.3 Å². The lowest BCUT2D eigenvalue weighted by Gasteiger charge is -2.14. The maximum Gasteiger partial charge on any atom is 0.349 e. The van der Waals surface area contributed by atoms with Crippen LogP contribution in [0, 0.1) is 0 Å². The highest BCUT2D eigenvalue weighted by Crippen LogP contribution is 2.26. The van der Waals surface area contributed by atoms with Gasteiger partial charge in [0.25, 0.3) is 5.91 Å². The molecule has 116 valence electrons. The molecule has 0 saturated carbocycles. The quantitative estimate of drug-likeness (QED) is 0.770. The highest BCUT2D eigenvalue weighted by Gasteiger charge is 2.20. The van der Waals surface area contributed by atoms with Gasteiger partial charge in [-0.15, -0.1) is 11.3 Å². The van der Waals surface area contributed by atoms with Crippen molar-refractivity contribution in [2.24, 2.45) is 0 Å². The van der Waals surface area contributed by atoms with Gasteiger partial charge in [0.05, 0.1) is 15.0 Å². The van der Waals surface area contributed by atoms with Crippen LogP contribution in [0.3, 0.4) is 0 Å². The Morgan fingerprint density at radius 1 is 1.18 bits per heavy atom. The number of esters is 1. The second kappa shape index (κ2) is 7.33. The van der Waals surface area contributed by atoms with Gasteiger partial charge in [-0.25, -0.2) is 4.79 Å². The lowest BCUT2D eigenvalue weighted by Crippen LogP contribution is -2.29. The number of carbonyl (C=O) groups is 2. The van der Waals surface area contributed by atoms with Crippen molar-refractivity contribution in [1.29, 1.82) is 0 Å². The number of thiophene rings is 1. The summed E-state index contributed by atoms with van der Waals surface area (Å²) in [5.74, 6) is -1.13. The number of ether oxygens (including phenoxy) is 1. The number of rotatable bonds is 4. The number of amides is 1. The van der Waals surface area contributed by atoms with E-state index in [0.717, 1.165) is 11.3 Å². The van der Waals surface area contributed by atoms with Crippen LogP contribution in [0.1, 0.15) is 16.6 Å². The molecule has 22 heavy (non-hydrogen) atoms. The van der Waals surface area contributed by atoms with E-state index >= 15 is 0 Å². The fraction of sp³-hybridized carbons (Fsp3) is 0.143. The summed E-state index contributed by atoms with van der Waals surface area (Å²) in [6.07, 6.45) is -0.997. The molecule has 1 amide bonds. The van der Waals surface area contributed by atoms with E-state index in [1.165, 1.54) is 19.1 Å². The van der Waals surface area contributed by atoms with E-state index in [0.29, 0.717) is 24.9 Å². The Morgan fingerprint density at radius 3 is 2.55 bits per heavy atom. The van der Waals surface area contributed by atoms with Crippen LogP contribution in [0.25, 0.3) is 0 Å². The summed E-state index contributed by atoms with van der Waals surface area (Å²) in [7, 11) is 0. The van der Waals surface area contributed by atoms with Gasteiger partial charge in [0.1, 0.15) is 4.88 Å². The molecule has 0 fully saturated rings. The zero-order valence-corrected chi connectivity index (χ0v) is 14.3. The van der Waals surface area contributed by atoms with Crippen molar-refractivity contribution >= 4 is 63.7 Å². The summed E-state index contributed by atoms with van der Waals surface area (Å²) >= 11 is 18.6. The summed E-state index contributed by atoms with van der Waals surface area (Å²) in [6, 6.07) is 7.79. The second-order valence-electron chi connectivity index (χ2n) is 4.26. The molecule has 0 aliphatic heterocycles. The van der Waals surface area contributed by atoms with Crippen molar-refractivity contribution in [3.63, 3.8) is 0 Å². The summed E-state index contributed by atoms with van der Waals surface area (Å²) in [4.78, 5) is 24.2. The summed E-state index contributed by atoms with van der Waals surface area (Å²) < 4.78 is 5.55. The minimum Gasteiger partial charge on any atom is -0.448 e. The van der Waals surface area contributed by atoms with Crippen LogP contribution in [0.15, 0.2) is 30.3 Å². The van der Waals surface area contributed by atoms with Crippen LogP contribution in [0.2, 0.25) is 14.4 Å². The lowest BCUT2D eigenvalue weighted by molar-refractivity contribution is -0.123. The molecule has 1 aromatic heterocycles. The van der Waals surface area contributed by atoms with E-state index in [1.807, 2.05) is 0 Å². The van der Waals surface area contributed by atoms with Crippen LogP contribution in [-0.4, -0.2) is 18.0 Å². The fourth-order valence-corrected chi connectivity index (χ4v) is 2.79. The Hall–Kier alpha value is -1.27. The number of nitrogens with one attached hydrogen (secondary N) is 1. The molecule has 0 saturated heterocycles. The largest absolute Gasteiger partial charge is 0.448 e. The number of anilines is 1. The third kappa shape index (κ3) is 4.36. The topological polar surface area (TPSA) is 55.4 Å². The smallest absolute Gasteiger partial charge is 0.349 e. The summed E-state index contributed by atoms with van der Waals surface area (Å²) in [5, 5.41) is 3.32. The molecular formula is C14H10Cl3NO3S. The van der Waals surface area contributed by atoms with Crippen molar-refractivity contribution in [3.8, 4) is 0 Å². The SMILES string of the molecule is CC(OC(=O)c1ccc(Cl)s1)C(=O)Nc1cc(Cl)ccc1Cl. The molecule has 1 aromatic carbocycles. The highest BCUT2D eigenvalue weighted by atomic mass is 35.5. The first kappa shape index (κ1) is 17.1. The predicted molar refractivity (Wildman–Crippen MR) is 89.3 cm³/mol. The minimum atomic E-state index is -0.997. The first-order valence-corrected chi connectivity index (χ1v) is 8.04. The van der Waals surface area contributed by atoms with E-state index in [2.05, 4.69) is 5.32 Å². The molecular weight excluding hydrogens is 369 g/mol. The number of benzene rings is 1. The highest BCUT2D eigenvalue weighted by molar-refractivity contribution is 7.17. The van der Waals surface area contributed by atoms with Gasteiger partial charge in [-0.3, -0.25) is 4.79 Å². The average Bonchev–Trinajstić information content (AvgIpc) is 2.89. The second-order valence-corrected chi connectivity index (χ2v) is 6.82. The molecule has 1 heterocycles. The van der Waals surface area contributed by atoms with Crippen molar-refractivity contribution in [3.05, 3.63) is 49.6 Å². The van der Waals surface area contributed by atoms with E-state index < -0.39 is 18.0 Å². The molecule has 0 radical (unpaired) electrons. The Balaban J connectivity index is 2.00. The number of carbonyl (C=O) groups excluding carboxylic acids is 2. The van der Waals surface area contributed by atoms with Gasteiger partial charge in [0, 0.05) is 5.02 Å². The van der Waals surface area contributed by atoms with E-state index in [4.69, 9.17) is 39.5 Å². The number of hydrogen-bond acceptors (Lipinski definition) is 4. The van der Waals surface area contributed by atoms with Crippen molar-refractivity contribution in [2.45, 2.75) is 13.0 Å². The Morgan fingerprint density at radius 2 is 1.91 bits per heavy atom. The van der Waals surface area contributed by atoms with Gasteiger partial charge >= 0.3 is 5.97 Å². The van der Waals surface area contributed by atoms with Crippen LogP contribution in [0.5, 0.6) is 0 Å². The minimum absolute atomic E-state index is 0.324. The first-order chi connectivity index (χ1) is 10.4. The standard InChI is InChI=1S/C14H10Cl3NO3S/c1-7(21-14(20)11-4-5-12(17)22-11)13(19)18-10-6-8(15)2-3-9(10)16/h2-7H,1H3,(H,18,19). The van der Waals surface area contributed by atoms with Gasteiger partial charge in [0.2, 0.25) is 0 Å². The normalized spacial score (nSPS) is 11.8. The Kier molecular flexibility index (Phi) is 5.69. The van der Waals surface area contributed by atoms with E-state index in [9.17, 15) is 9.59 Å². The molecule has 0 aliphatic rings. The molecule has 0 bridgehead atoms. The zero-order chi connectivity index (χ0) is 16.3. The van der Waals surface area contributed by atoms with Crippen molar-refractivity contribution in [1.82, 2.24) is 0 Å². The van der Waals surface area contributed by atoms with Gasteiger partial charge in [-0.1, -0.05) is 34.8 Å². The summed E-state index contributed by atoms with van der Waals surface area (Å²) in [6.45, 7) is 1.46. The Bertz CT molecular complexity index is 717. The molecule has 1 unspecified atom stereocenters. The third-order valence-corrected chi connectivity index (χ3v) is 4.39. The zero-order valence-electron chi connectivity index (χ0n) is 11.2. The fourth-order valence-electron chi connectivity index (χ4n) is 1.52. The maximum atomic E-state index is 12.0. The maximum absolute atomic E-state index is 12.0. The van der Waals surface area contributed by atoms with Crippen LogP contribution < -0.4 is 5.32 Å². The molecule has 1 N–H and O–H groups in total. The molecule has 2 rings (SSSR count). The van der Waals surface area contributed by atoms with Gasteiger partial charge < -0.3 is 10.1 Å².